The summed E-state index contributed by atoms with van der Waals surface area (Å²) in [5.74, 6) is -10.4. The lowest BCUT2D eigenvalue weighted by Gasteiger charge is -2.37. The molecule has 10 nitrogen and oxygen atoms in total. The van der Waals surface area contributed by atoms with Gasteiger partial charge in [-0.25, -0.2) is 13.8 Å². The van der Waals surface area contributed by atoms with Crippen molar-refractivity contribution in [3.05, 3.63) is 108 Å². The maximum Gasteiger partial charge on any atom is 0.304 e. The number of hydrogen-bond donors (Lipinski definition) is 1. The molecule has 1 aromatic heterocycles. The molecular formula is C33H30F2N4O6. The van der Waals surface area contributed by atoms with E-state index in [2.05, 4.69) is 4.98 Å². The number of ether oxygens (including phenoxy) is 2. The van der Waals surface area contributed by atoms with Gasteiger partial charge in [0, 0.05) is 49.5 Å². The summed E-state index contributed by atoms with van der Waals surface area (Å²) in [5.41, 5.74) is 5.70. The molecule has 4 aromatic rings. The van der Waals surface area contributed by atoms with Crippen molar-refractivity contribution in [3.63, 3.8) is 0 Å². The molecule has 3 unspecified atom stereocenters. The summed E-state index contributed by atoms with van der Waals surface area (Å²) in [5, 5.41) is 0. The third kappa shape index (κ3) is 5.66. The quantitative estimate of drug-likeness (QED) is 0.168. The summed E-state index contributed by atoms with van der Waals surface area (Å²) in [7, 11) is 0. The summed E-state index contributed by atoms with van der Waals surface area (Å²) >= 11 is 0. The van der Waals surface area contributed by atoms with Crippen LogP contribution in [0, 0.1) is 5.92 Å². The first kappa shape index (κ1) is 31.0. The highest BCUT2D eigenvalue weighted by Gasteiger charge is 2.62. The van der Waals surface area contributed by atoms with Crippen LogP contribution in [0.4, 0.5) is 20.2 Å². The van der Waals surface area contributed by atoms with Crippen molar-refractivity contribution < 1.29 is 37.4 Å². The van der Waals surface area contributed by atoms with E-state index in [1.54, 1.807) is 29.0 Å². The van der Waals surface area contributed by atoms with Crippen LogP contribution >= 0.6 is 0 Å². The maximum absolute atomic E-state index is 17.1. The number of halogens is 2. The summed E-state index contributed by atoms with van der Waals surface area (Å²) < 4.78 is 46.6. The monoisotopic (exact) mass is 616 g/mol. The van der Waals surface area contributed by atoms with Gasteiger partial charge >= 0.3 is 17.9 Å². The van der Waals surface area contributed by atoms with Gasteiger partial charge in [0.1, 0.15) is 11.7 Å². The molecule has 45 heavy (non-hydrogen) atoms. The zero-order valence-corrected chi connectivity index (χ0v) is 24.6. The number of anilines is 2. The Balaban J connectivity index is 1.81. The molecule has 0 saturated carbocycles. The summed E-state index contributed by atoms with van der Waals surface area (Å²) in [4.78, 5) is 58.8. The Bertz CT molecular complexity index is 1790. The minimum Gasteiger partial charge on any atom is -0.451 e. The highest BCUT2D eigenvalue weighted by Crippen LogP contribution is 2.51. The molecule has 12 heteroatoms. The number of carbonyl (C=O) groups is 4. The Kier molecular flexibility index (Phi) is 8.49. The molecule has 232 valence electrons. The van der Waals surface area contributed by atoms with Crippen LogP contribution in [0.25, 0.3) is 5.69 Å². The topological polar surface area (TPSA) is 134 Å². The molecule has 0 saturated heterocycles. The number of para-hydroxylation sites is 3. The van der Waals surface area contributed by atoms with Gasteiger partial charge in [-0.1, -0.05) is 49.4 Å². The molecule has 0 radical (unpaired) electrons. The van der Waals surface area contributed by atoms with Crippen LogP contribution in [0.5, 0.6) is 0 Å². The third-order valence-electron chi connectivity index (χ3n) is 7.51. The Hall–Kier alpha value is -5.39. The fourth-order valence-corrected chi connectivity index (χ4v) is 5.60. The first-order valence-electron chi connectivity index (χ1n) is 14.1. The van der Waals surface area contributed by atoms with E-state index in [1.165, 1.54) is 60.8 Å². The Labute approximate surface area is 257 Å². The van der Waals surface area contributed by atoms with E-state index in [9.17, 15) is 19.2 Å². The molecule has 0 bridgehead atoms. The van der Waals surface area contributed by atoms with Crippen molar-refractivity contribution in [2.75, 3.05) is 10.6 Å². The van der Waals surface area contributed by atoms with Crippen LogP contribution in [-0.4, -0.2) is 45.3 Å². The second kappa shape index (κ2) is 12.3. The van der Waals surface area contributed by atoms with Crippen LogP contribution in [0.3, 0.4) is 0 Å². The largest absolute Gasteiger partial charge is 0.451 e. The van der Waals surface area contributed by atoms with E-state index >= 15 is 8.78 Å². The van der Waals surface area contributed by atoms with Gasteiger partial charge in [-0.05, 0) is 30.3 Å². The van der Waals surface area contributed by atoms with Gasteiger partial charge in [0.25, 0.3) is 5.91 Å². The van der Waals surface area contributed by atoms with Crippen molar-refractivity contribution in [2.24, 2.45) is 5.92 Å². The SMILES string of the molecule is CCc1nccn1-c1ccccc1C(=O)C1C(OC(C)=O)N(C(=O)c2ccccc2N)c2ccccc2C(OC(C)=O)C1(F)F. The van der Waals surface area contributed by atoms with Crippen LogP contribution in [0.1, 0.15) is 59.0 Å². The molecule has 0 spiro atoms. The summed E-state index contributed by atoms with van der Waals surface area (Å²) in [6.07, 6.45) is -0.961. The van der Waals surface area contributed by atoms with E-state index < -0.39 is 47.8 Å². The molecular weight excluding hydrogens is 586 g/mol. The molecule has 2 heterocycles. The smallest absolute Gasteiger partial charge is 0.304 e. The van der Waals surface area contributed by atoms with Crippen LogP contribution < -0.4 is 10.6 Å². The van der Waals surface area contributed by atoms with E-state index in [-0.39, 0.29) is 33.8 Å². The first-order valence-corrected chi connectivity index (χ1v) is 14.1. The Morgan fingerprint density at radius 2 is 1.47 bits per heavy atom. The number of nitrogens with two attached hydrogens (primary N) is 1. The molecule has 3 atom stereocenters. The van der Waals surface area contributed by atoms with Gasteiger partial charge in [-0.15, -0.1) is 0 Å². The van der Waals surface area contributed by atoms with E-state index in [4.69, 9.17) is 15.2 Å². The molecule has 3 aromatic carbocycles. The van der Waals surface area contributed by atoms with Gasteiger partial charge in [-0.3, -0.25) is 24.1 Å². The van der Waals surface area contributed by atoms with Crippen molar-refractivity contribution in [3.8, 4) is 5.69 Å². The number of nitrogen functional groups attached to an aromatic ring is 1. The number of benzene rings is 3. The zero-order valence-electron chi connectivity index (χ0n) is 24.6. The predicted octanol–water partition coefficient (Wildman–Crippen LogP) is 5.31. The number of alkyl halides is 2. The molecule has 1 aliphatic heterocycles. The predicted molar refractivity (Wildman–Crippen MR) is 160 cm³/mol. The molecule has 1 aliphatic rings. The first-order chi connectivity index (χ1) is 21.5. The van der Waals surface area contributed by atoms with Gasteiger partial charge in [0.05, 0.1) is 16.9 Å². The molecule has 1 amide bonds. The van der Waals surface area contributed by atoms with Crippen molar-refractivity contribution in [2.45, 2.75) is 45.4 Å². The lowest BCUT2D eigenvalue weighted by Crippen LogP contribution is -2.55. The third-order valence-corrected chi connectivity index (χ3v) is 7.51. The van der Waals surface area contributed by atoms with Crippen molar-refractivity contribution >= 4 is 35.0 Å². The maximum atomic E-state index is 17.1. The lowest BCUT2D eigenvalue weighted by atomic mass is 9.85. The lowest BCUT2D eigenvalue weighted by molar-refractivity contribution is -0.194. The minimum absolute atomic E-state index is 0.0227. The highest BCUT2D eigenvalue weighted by atomic mass is 19.3. The fraction of sp³-hybridized carbons (Fsp3) is 0.242. The zero-order chi connectivity index (χ0) is 32.5. The number of fused-ring (bicyclic) bond motifs is 1. The number of imidazole rings is 1. The minimum atomic E-state index is -4.22. The van der Waals surface area contributed by atoms with E-state index in [0.717, 1.165) is 18.7 Å². The van der Waals surface area contributed by atoms with E-state index in [1.807, 2.05) is 6.92 Å². The Morgan fingerprint density at radius 3 is 2.11 bits per heavy atom. The number of aromatic nitrogens is 2. The number of Topliss-reactive ketones (excluding diaryl/α,β-unsaturated/α-hetero) is 1. The highest BCUT2D eigenvalue weighted by molar-refractivity contribution is 6.11. The number of aryl methyl sites for hydroxylation is 1. The number of ketones is 1. The van der Waals surface area contributed by atoms with Crippen molar-refractivity contribution in [1.82, 2.24) is 9.55 Å². The number of nitrogens with zero attached hydrogens (tertiary/aromatic N) is 3. The summed E-state index contributed by atoms with van der Waals surface area (Å²) in [6, 6.07) is 17.5. The second-order valence-electron chi connectivity index (χ2n) is 10.4. The van der Waals surface area contributed by atoms with Crippen molar-refractivity contribution in [1.29, 1.82) is 0 Å². The van der Waals surface area contributed by atoms with Gasteiger partial charge in [-0.2, -0.15) is 0 Å². The number of carbonyl (C=O) groups excluding carboxylic acids is 4. The fourth-order valence-electron chi connectivity index (χ4n) is 5.60. The normalized spacial score (nSPS) is 18.8. The Morgan fingerprint density at radius 1 is 0.867 bits per heavy atom. The van der Waals surface area contributed by atoms with Gasteiger partial charge in [0.2, 0.25) is 0 Å². The summed E-state index contributed by atoms with van der Waals surface area (Å²) in [6.45, 7) is 3.78. The van der Waals surface area contributed by atoms with Crippen LogP contribution in [-0.2, 0) is 25.5 Å². The number of amides is 1. The number of hydrogen-bond acceptors (Lipinski definition) is 8. The number of esters is 2. The molecule has 5 rings (SSSR count). The number of rotatable bonds is 7. The van der Waals surface area contributed by atoms with Gasteiger partial charge in [0.15, 0.2) is 18.1 Å². The standard InChI is InChI=1S/C33H30F2N4O6/c1-4-27-37-17-18-38(27)25-15-9-6-12-22(25)29(42)28-32(45-20(3)41)39(31(43)21-11-5-8-14-24(21)36)26-16-10-7-13-23(26)30(33(28,34)35)44-19(2)40/h5-18,28,30,32H,4,36H2,1-3H3. The van der Waals surface area contributed by atoms with Crippen LogP contribution in [0.2, 0.25) is 0 Å². The van der Waals surface area contributed by atoms with Crippen LogP contribution in [0.15, 0.2) is 85.2 Å². The second-order valence-corrected chi connectivity index (χ2v) is 10.4. The van der Waals surface area contributed by atoms with E-state index in [0.29, 0.717) is 12.2 Å². The average Bonchev–Trinajstić information content (AvgIpc) is 3.46. The molecule has 0 aliphatic carbocycles. The molecule has 0 fully saturated rings. The average molecular weight is 617 g/mol. The van der Waals surface area contributed by atoms with Gasteiger partial charge < -0.3 is 19.8 Å². The molecule has 2 N–H and O–H groups in total.